The van der Waals surface area contributed by atoms with E-state index in [0.717, 1.165) is 0 Å². The molecule has 0 unspecified atom stereocenters. The molecule has 0 saturated carbocycles. The van der Waals surface area contributed by atoms with Crippen molar-refractivity contribution in [2.45, 2.75) is 6.54 Å². The van der Waals surface area contributed by atoms with Crippen LogP contribution in [-0.4, -0.2) is 37.7 Å². The van der Waals surface area contributed by atoms with Crippen molar-refractivity contribution >= 4 is 23.7 Å². The van der Waals surface area contributed by atoms with Crippen molar-refractivity contribution < 1.29 is 18.9 Å². The number of aromatic nitrogens is 3. The molecule has 0 spiro atoms. The summed E-state index contributed by atoms with van der Waals surface area (Å²) >= 11 is 0. The average Bonchev–Trinajstić information content (AvgIpc) is 3.43. The number of nitrogens with one attached hydrogen (secondary N) is 2. The molecule has 3 amide bonds. The van der Waals surface area contributed by atoms with Crippen molar-refractivity contribution in [1.82, 2.24) is 25.5 Å². The number of pyridine rings is 1. The summed E-state index contributed by atoms with van der Waals surface area (Å²) in [4.78, 5) is 47.0. The smallest absolute Gasteiger partial charge is 0.313 e. The first kappa shape index (κ1) is 20.1. The summed E-state index contributed by atoms with van der Waals surface area (Å²) in [6.45, 7) is 0.0554. The fourth-order valence-corrected chi connectivity index (χ4v) is 3.45. The van der Waals surface area contributed by atoms with Gasteiger partial charge in [-0.3, -0.25) is 29.7 Å². The van der Waals surface area contributed by atoms with Gasteiger partial charge in [0.2, 0.25) is 5.82 Å². The third-order valence-electron chi connectivity index (χ3n) is 5.06. The summed E-state index contributed by atoms with van der Waals surface area (Å²) < 4.78 is 5.08. The van der Waals surface area contributed by atoms with Crippen molar-refractivity contribution in [1.29, 1.82) is 0 Å². The van der Waals surface area contributed by atoms with Gasteiger partial charge < -0.3 is 4.52 Å². The fraction of sp³-hybridized carbons (Fsp3) is 0.0435. The van der Waals surface area contributed by atoms with Gasteiger partial charge in [0.05, 0.1) is 17.7 Å². The molecule has 1 aliphatic heterocycles. The van der Waals surface area contributed by atoms with Crippen molar-refractivity contribution in [2.24, 2.45) is 0 Å². The maximum atomic E-state index is 12.6. The molecular weight excluding hydrogens is 424 g/mol. The summed E-state index contributed by atoms with van der Waals surface area (Å²) in [5.74, 6) is -0.818. The molecule has 3 heterocycles. The van der Waals surface area contributed by atoms with Crippen molar-refractivity contribution in [2.75, 3.05) is 5.43 Å². The second kappa shape index (κ2) is 8.35. The lowest BCUT2D eigenvalue weighted by molar-refractivity contribution is 0.0642. The highest BCUT2D eigenvalue weighted by Crippen LogP contribution is 2.24. The van der Waals surface area contributed by atoms with E-state index in [0.29, 0.717) is 33.6 Å². The van der Waals surface area contributed by atoms with E-state index in [4.69, 9.17) is 4.52 Å². The summed E-state index contributed by atoms with van der Waals surface area (Å²) in [6, 6.07) is 16.8. The van der Waals surface area contributed by atoms with Crippen LogP contribution in [0.5, 0.6) is 0 Å². The van der Waals surface area contributed by atoms with Crippen molar-refractivity contribution in [3.05, 3.63) is 95.3 Å². The van der Waals surface area contributed by atoms with Crippen LogP contribution in [0.3, 0.4) is 0 Å². The largest absolute Gasteiger partial charge is 0.340 e. The normalized spacial score (nSPS) is 12.5. The molecule has 1 aliphatic rings. The van der Waals surface area contributed by atoms with E-state index in [1.54, 1.807) is 73.1 Å². The van der Waals surface area contributed by atoms with E-state index < -0.39 is 5.91 Å². The van der Waals surface area contributed by atoms with E-state index in [-0.39, 0.29) is 24.4 Å². The lowest BCUT2D eigenvalue weighted by Crippen LogP contribution is -2.30. The Balaban J connectivity index is 1.24. The Kier molecular flexibility index (Phi) is 5.07. The number of fused-ring (bicyclic) bond motifs is 1. The molecule has 33 heavy (non-hydrogen) atoms. The van der Waals surface area contributed by atoms with Crippen molar-refractivity contribution in [3.8, 4) is 11.4 Å². The Bertz CT molecular complexity index is 1330. The molecule has 0 saturated heterocycles. The summed E-state index contributed by atoms with van der Waals surface area (Å²) in [7, 11) is 0. The quantitative estimate of drug-likeness (QED) is 0.346. The molecule has 0 fully saturated rings. The van der Waals surface area contributed by atoms with Gasteiger partial charge in [-0.25, -0.2) is 5.43 Å². The van der Waals surface area contributed by atoms with Gasteiger partial charge in [0.25, 0.3) is 17.7 Å². The van der Waals surface area contributed by atoms with Crippen LogP contribution in [-0.2, 0) is 6.54 Å². The minimum absolute atomic E-state index is 0.0114. The molecule has 10 nitrogen and oxygen atoms in total. The zero-order chi connectivity index (χ0) is 22.8. The number of benzene rings is 2. The van der Waals surface area contributed by atoms with Gasteiger partial charge in [-0.2, -0.15) is 4.98 Å². The Morgan fingerprint density at radius 3 is 2.39 bits per heavy atom. The number of hydrogen-bond donors (Lipinski definition) is 2. The second-order valence-corrected chi connectivity index (χ2v) is 7.18. The molecular formula is C23H16N6O4. The maximum absolute atomic E-state index is 12.6. The predicted molar refractivity (Wildman–Crippen MR) is 116 cm³/mol. The molecule has 5 rings (SSSR count). The van der Waals surface area contributed by atoms with E-state index in [2.05, 4.69) is 26.0 Å². The zero-order valence-corrected chi connectivity index (χ0v) is 17.1. The van der Waals surface area contributed by atoms with Gasteiger partial charge in [-0.1, -0.05) is 29.4 Å². The number of imide groups is 1. The number of nitrogens with zero attached hydrogens (tertiary/aromatic N) is 4. The van der Waals surface area contributed by atoms with Crippen LogP contribution in [0.2, 0.25) is 0 Å². The molecule has 2 aromatic heterocycles. The third kappa shape index (κ3) is 3.92. The van der Waals surface area contributed by atoms with Crippen LogP contribution in [0.15, 0.2) is 77.6 Å². The lowest BCUT2D eigenvalue weighted by Gasteiger charge is -2.14. The zero-order valence-electron chi connectivity index (χ0n) is 17.1. The molecule has 10 heteroatoms. The van der Waals surface area contributed by atoms with Gasteiger partial charge in [0.15, 0.2) is 0 Å². The van der Waals surface area contributed by atoms with Crippen LogP contribution in [0.4, 0.5) is 6.01 Å². The standard InChI is InChI=1S/C23H16N6O4/c30-20(26-27-23-25-19(28-33-23)15-8-10-24-11-9-15)16-5-3-4-14(12-16)13-29-21(31)17-6-1-2-7-18(17)22(29)32/h1-12H,13H2,(H,26,30)(H,25,27,28). The molecule has 0 aliphatic carbocycles. The highest BCUT2D eigenvalue weighted by molar-refractivity contribution is 6.21. The molecule has 0 radical (unpaired) electrons. The topological polar surface area (TPSA) is 130 Å². The van der Waals surface area contributed by atoms with Crippen LogP contribution in [0, 0.1) is 0 Å². The van der Waals surface area contributed by atoms with E-state index in [1.165, 1.54) is 4.90 Å². The maximum Gasteiger partial charge on any atom is 0.340 e. The number of carbonyl (C=O) groups excluding carboxylic acids is 3. The van der Waals surface area contributed by atoms with Gasteiger partial charge >= 0.3 is 6.01 Å². The van der Waals surface area contributed by atoms with Crippen LogP contribution in [0.1, 0.15) is 36.6 Å². The van der Waals surface area contributed by atoms with Gasteiger partial charge in [0, 0.05) is 23.5 Å². The molecule has 4 aromatic rings. The number of hydrogen-bond acceptors (Lipinski definition) is 8. The van der Waals surface area contributed by atoms with Crippen LogP contribution < -0.4 is 10.9 Å². The minimum Gasteiger partial charge on any atom is -0.313 e. The van der Waals surface area contributed by atoms with Crippen LogP contribution in [0.25, 0.3) is 11.4 Å². The summed E-state index contributed by atoms with van der Waals surface area (Å²) in [5.41, 5.74) is 7.50. The fourth-order valence-electron chi connectivity index (χ4n) is 3.45. The Hall–Kier alpha value is -4.86. The van der Waals surface area contributed by atoms with Crippen LogP contribution >= 0.6 is 0 Å². The van der Waals surface area contributed by atoms with E-state index >= 15 is 0 Å². The monoisotopic (exact) mass is 440 g/mol. The Morgan fingerprint density at radius 2 is 1.67 bits per heavy atom. The Labute approximate surface area is 187 Å². The summed E-state index contributed by atoms with van der Waals surface area (Å²) in [6.07, 6.45) is 3.21. The molecule has 0 atom stereocenters. The third-order valence-corrected chi connectivity index (χ3v) is 5.06. The van der Waals surface area contributed by atoms with Gasteiger partial charge in [-0.05, 0) is 42.0 Å². The number of carbonyl (C=O) groups is 3. The minimum atomic E-state index is -0.456. The lowest BCUT2D eigenvalue weighted by atomic mass is 10.1. The van der Waals surface area contributed by atoms with E-state index in [1.807, 2.05) is 0 Å². The van der Waals surface area contributed by atoms with Crippen molar-refractivity contribution in [3.63, 3.8) is 0 Å². The van der Waals surface area contributed by atoms with Gasteiger partial charge in [0.1, 0.15) is 0 Å². The van der Waals surface area contributed by atoms with Gasteiger partial charge in [-0.15, -0.1) is 0 Å². The second-order valence-electron chi connectivity index (χ2n) is 7.18. The molecule has 0 bridgehead atoms. The molecule has 2 N–H and O–H groups in total. The number of amides is 3. The number of rotatable bonds is 6. The molecule has 162 valence electrons. The first-order valence-corrected chi connectivity index (χ1v) is 9.95. The first-order chi connectivity index (χ1) is 16.1. The molecule has 2 aromatic carbocycles. The van der Waals surface area contributed by atoms with E-state index in [9.17, 15) is 14.4 Å². The summed E-state index contributed by atoms with van der Waals surface area (Å²) in [5, 5.41) is 3.84. The first-order valence-electron chi connectivity index (χ1n) is 9.95. The average molecular weight is 440 g/mol. The SMILES string of the molecule is O=C(NNc1nc(-c2ccncc2)no1)c1cccc(CN2C(=O)c3ccccc3C2=O)c1. The number of anilines is 1. The number of hydrazine groups is 1. The Morgan fingerprint density at radius 1 is 0.939 bits per heavy atom. The predicted octanol–water partition coefficient (Wildman–Crippen LogP) is 2.68. The highest BCUT2D eigenvalue weighted by Gasteiger charge is 2.35. The highest BCUT2D eigenvalue weighted by atomic mass is 16.5.